The van der Waals surface area contributed by atoms with Crippen LogP contribution in [-0.2, 0) is 0 Å². The quantitative estimate of drug-likeness (QED) is 0.701. The Morgan fingerprint density at radius 1 is 0.833 bits per heavy atom. The summed E-state index contributed by atoms with van der Waals surface area (Å²) in [4.78, 5) is 5.57. The maximum absolute atomic E-state index is 4.43. The van der Waals surface area contributed by atoms with E-state index in [1.807, 2.05) is 42.6 Å². The SMILES string of the molecule is c1ccc(NSc2cccc3cccnc23)cc1. The minimum absolute atomic E-state index is 1.04. The molecule has 0 unspecified atom stereocenters. The van der Waals surface area contributed by atoms with Crippen molar-refractivity contribution in [3.05, 3.63) is 66.9 Å². The third kappa shape index (κ3) is 2.31. The Morgan fingerprint density at radius 3 is 2.56 bits per heavy atom. The summed E-state index contributed by atoms with van der Waals surface area (Å²) in [5, 5.41) is 1.16. The van der Waals surface area contributed by atoms with Crippen molar-refractivity contribution in [2.45, 2.75) is 4.90 Å². The lowest BCUT2D eigenvalue weighted by Gasteiger charge is -2.07. The minimum atomic E-state index is 1.04. The van der Waals surface area contributed by atoms with Gasteiger partial charge >= 0.3 is 0 Å². The number of anilines is 1. The lowest BCUT2D eigenvalue weighted by molar-refractivity contribution is 1.35. The molecule has 0 amide bonds. The van der Waals surface area contributed by atoms with E-state index < -0.39 is 0 Å². The summed E-state index contributed by atoms with van der Waals surface area (Å²) in [6, 6.07) is 20.4. The maximum atomic E-state index is 4.43. The van der Waals surface area contributed by atoms with Crippen LogP contribution in [0.1, 0.15) is 0 Å². The van der Waals surface area contributed by atoms with E-state index in [-0.39, 0.29) is 0 Å². The average molecular weight is 252 g/mol. The molecular formula is C15H12N2S. The zero-order valence-electron chi connectivity index (χ0n) is 9.71. The van der Waals surface area contributed by atoms with Gasteiger partial charge in [-0.3, -0.25) is 4.98 Å². The first-order valence-electron chi connectivity index (χ1n) is 5.75. The Balaban J connectivity index is 1.87. The van der Waals surface area contributed by atoms with Crippen LogP contribution in [0.4, 0.5) is 5.69 Å². The van der Waals surface area contributed by atoms with Gasteiger partial charge in [-0.1, -0.05) is 36.4 Å². The van der Waals surface area contributed by atoms with Crippen LogP contribution in [0.15, 0.2) is 71.8 Å². The highest BCUT2D eigenvalue weighted by atomic mass is 32.2. The molecule has 0 saturated carbocycles. The minimum Gasteiger partial charge on any atom is -0.326 e. The smallest absolute Gasteiger partial charge is 0.0855 e. The van der Waals surface area contributed by atoms with E-state index >= 15 is 0 Å². The fourth-order valence-corrected chi connectivity index (χ4v) is 2.56. The number of hydrogen-bond acceptors (Lipinski definition) is 3. The molecule has 0 bridgehead atoms. The van der Waals surface area contributed by atoms with Gasteiger partial charge in [0.2, 0.25) is 0 Å². The maximum Gasteiger partial charge on any atom is 0.0855 e. The van der Waals surface area contributed by atoms with Crippen LogP contribution in [0.5, 0.6) is 0 Å². The second kappa shape index (κ2) is 5.10. The molecular weight excluding hydrogens is 240 g/mol. The van der Waals surface area contributed by atoms with Gasteiger partial charge in [-0.05, 0) is 36.2 Å². The van der Waals surface area contributed by atoms with E-state index in [9.17, 15) is 0 Å². The summed E-state index contributed by atoms with van der Waals surface area (Å²) in [5.74, 6) is 0. The molecule has 3 aromatic rings. The number of nitrogens with one attached hydrogen (secondary N) is 1. The topological polar surface area (TPSA) is 24.9 Å². The predicted octanol–water partition coefficient (Wildman–Crippen LogP) is 4.35. The van der Waals surface area contributed by atoms with E-state index in [1.54, 1.807) is 11.9 Å². The van der Waals surface area contributed by atoms with Gasteiger partial charge in [-0.15, -0.1) is 0 Å². The Kier molecular flexibility index (Phi) is 3.15. The monoisotopic (exact) mass is 252 g/mol. The summed E-state index contributed by atoms with van der Waals surface area (Å²) in [7, 11) is 0. The van der Waals surface area contributed by atoms with Gasteiger partial charge in [0.15, 0.2) is 0 Å². The fraction of sp³-hybridized carbons (Fsp3) is 0. The van der Waals surface area contributed by atoms with Gasteiger partial charge in [0.1, 0.15) is 0 Å². The molecule has 0 aliphatic heterocycles. The van der Waals surface area contributed by atoms with Crippen molar-refractivity contribution < 1.29 is 0 Å². The Bertz CT molecular complexity index is 647. The Labute approximate surface area is 110 Å². The van der Waals surface area contributed by atoms with Crippen molar-refractivity contribution >= 4 is 28.5 Å². The molecule has 88 valence electrons. The van der Waals surface area contributed by atoms with E-state index in [4.69, 9.17) is 0 Å². The molecule has 0 aliphatic carbocycles. The summed E-state index contributed by atoms with van der Waals surface area (Å²) in [6.45, 7) is 0. The molecule has 1 heterocycles. The zero-order valence-corrected chi connectivity index (χ0v) is 10.5. The second-order valence-corrected chi connectivity index (χ2v) is 4.75. The van der Waals surface area contributed by atoms with E-state index in [0.717, 1.165) is 21.5 Å². The van der Waals surface area contributed by atoms with Crippen LogP contribution in [0, 0.1) is 0 Å². The predicted molar refractivity (Wildman–Crippen MR) is 77.7 cm³/mol. The van der Waals surface area contributed by atoms with Crippen LogP contribution in [0.25, 0.3) is 10.9 Å². The van der Waals surface area contributed by atoms with Crippen molar-refractivity contribution in [3.63, 3.8) is 0 Å². The normalized spacial score (nSPS) is 10.4. The van der Waals surface area contributed by atoms with Gasteiger partial charge < -0.3 is 4.72 Å². The molecule has 3 heteroatoms. The molecule has 0 radical (unpaired) electrons. The molecule has 0 fully saturated rings. The number of fused-ring (bicyclic) bond motifs is 1. The second-order valence-electron chi connectivity index (χ2n) is 3.90. The number of para-hydroxylation sites is 2. The summed E-state index contributed by atoms with van der Waals surface area (Å²) >= 11 is 1.59. The van der Waals surface area contributed by atoms with Crippen molar-refractivity contribution in [1.29, 1.82) is 0 Å². The number of nitrogens with zero attached hydrogens (tertiary/aromatic N) is 1. The van der Waals surface area contributed by atoms with Crippen LogP contribution in [-0.4, -0.2) is 4.98 Å². The molecule has 1 aromatic heterocycles. The summed E-state index contributed by atoms with van der Waals surface area (Å²) in [5.41, 5.74) is 2.13. The van der Waals surface area contributed by atoms with Gasteiger partial charge in [-0.25, -0.2) is 0 Å². The van der Waals surface area contributed by atoms with E-state index in [0.29, 0.717) is 0 Å². The number of benzene rings is 2. The largest absolute Gasteiger partial charge is 0.326 e. The third-order valence-corrected chi connectivity index (χ3v) is 3.54. The fourth-order valence-electron chi connectivity index (χ4n) is 1.78. The zero-order chi connectivity index (χ0) is 12.2. The average Bonchev–Trinajstić information content (AvgIpc) is 2.46. The van der Waals surface area contributed by atoms with Gasteiger partial charge in [0, 0.05) is 17.3 Å². The molecule has 0 atom stereocenters. The molecule has 0 saturated heterocycles. The molecule has 1 N–H and O–H groups in total. The summed E-state index contributed by atoms with van der Waals surface area (Å²) in [6.07, 6.45) is 1.83. The van der Waals surface area contributed by atoms with Crippen molar-refractivity contribution in [2.24, 2.45) is 0 Å². The first-order valence-corrected chi connectivity index (χ1v) is 6.57. The van der Waals surface area contributed by atoms with Crippen molar-refractivity contribution in [3.8, 4) is 0 Å². The Morgan fingerprint density at radius 2 is 1.67 bits per heavy atom. The standard InChI is InChI=1S/C15H12N2S/c1-2-8-13(9-3-1)17-18-14-10-4-6-12-7-5-11-16-15(12)14/h1-11,17H. The number of pyridine rings is 1. The van der Waals surface area contributed by atoms with Crippen molar-refractivity contribution in [1.82, 2.24) is 4.98 Å². The molecule has 0 aliphatic rings. The highest BCUT2D eigenvalue weighted by Gasteiger charge is 2.02. The van der Waals surface area contributed by atoms with E-state index in [2.05, 4.69) is 34.0 Å². The Hall–Kier alpha value is -2.00. The third-order valence-electron chi connectivity index (χ3n) is 2.65. The molecule has 2 aromatic carbocycles. The first kappa shape index (κ1) is 11.1. The van der Waals surface area contributed by atoms with Crippen molar-refractivity contribution in [2.75, 3.05) is 4.72 Å². The lowest BCUT2D eigenvalue weighted by atomic mass is 10.2. The van der Waals surface area contributed by atoms with Gasteiger partial charge in [-0.2, -0.15) is 0 Å². The highest BCUT2D eigenvalue weighted by Crippen LogP contribution is 2.27. The van der Waals surface area contributed by atoms with Crippen LogP contribution < -0.4 is 4.72 Å². The van der Waals surface area contributed by atoms with Gasteiger partial charge in [0.05, 0.1) is 10.4 Å². The number of hydrogen-bond donors (Lipinski definition) is 1. The van der Waals surface area contributed by atoms with Crippen LogP contribution in [0.3, 0.4) is 0 Å². The molecule has 2 nitrogen and oxygen atoms in total. The van der Waals surface area contributed by atoms with E-state index in [1.165, 1.54) is 0 Å². The number of rotatable bonds is 3. The lowest BCUT2D eigenvalue weighted by Crippen LogP contribution is -1.88. The van der Waals surface area contributed by atoms with Gasteiger partial charge in [0.25, 0.3) is 0 Å². The molecule has 0 spiro atoms. The summed E-state index contributed by atoms with van der Waals surface area (Å²) < 4.78 is 3.33. The highest BCUT2D eigenvalue weighted by molar-refractivity contribution is 8.00. The van der Waals surface area contributed by atoms with Crippen LogP contribution in [0.2, 0.25) is 0 Å². The first-order chi connectivity index (χ1) is 8.93. The number of aromatic nitrogens is 1. The van der Waals surface area contributed by atoms with Crippen LogP contribution >= 0.6 is 11.9 Å². The molecule has 3 rings (SSSR count). The molecule has 18 heavy (non-hydrogen) atoms.